The number of carbonyl (C=O) groups excluding carboxylic acids is 1. The maximum atomic E-state index is 11.1. The fourth-order valence-electron chi connectivity index (χ4n) is 0.698. The van der Waals surface area contributed by atoms with Gasteiger partial charge in [0, 0.05) is 5.75 Å². The molecule has 0 fully saturated rings. The number of hydrogen-bond donors (Lipinski definition) is 2. The fourth-order valence-corrected chi connectivity index (χ4v) is 2.36. The van der Waals surface area contributed by atoms with Gasteiger partial charge in [0.2, 0.25) is 5.91 Å². The highest BCUT2D eigenvalue weighted by molar-refractivity contribution is 8.01. The third kappa shape index (κ3) is 2.66. The van der Waals surface area contributed by atoms with Crippen LogP contribution in [0, 0.1) is 0 Å². The van der Waals surface area contributed by atoms with E-state index >= 15 is 0 Å². The quantitative estimate of drug-likeness (QED) is 0.703. The van der Waals surface area contributed by atoms with Crippen LogP contribution in [0.4, 0.5) is 0 Å². The van der Waals surface area contributed by atoms with Gasteiger partial charge in [0.25, 0.3) is 0 Å². The van der Waals surface area contributed by atoms with Gasteiger partial charge in [0.05, 0.1) is 0 Å². The lowest BCUT2D eigenvalue weighted by Gasteiger charge is -2.24. The van der Waals surface area contributed by atoms with E-state index in [2.05, 4.69) is 15.5 Å². The molecule has 0 saturated carbocycles. The molecule has 14 heavy (non-hydrogen) atoms. The third-order valence-corrected chi connectivity index (χ3v) is 4.10. The Morgan fingerprint density at radius 2 is 2.57 bits per heavy atom. The molecule has 0 aliphatic heterocycles. The Balaban J connectivity index is 2.54. The van der Waals surface area contributed by atoms with Gasteiger partial charge in [-0.15, -0.1) is 10.2 Å². The summed E-state index contributed by atoms with van der Waals surface area (Å²) in [6.45, 7) is 1.77. The molecule has 7 heteroatoms. The predicted molar refractivity (Wildman–Crippen MR) is 57.3 cm³/mol. The number of likely N-dealkylation sites (N-methyl/N-ethyl adjacent to an activating group) is 1. The standard InChI is InChI=1S/C7H12N4OS2/c1-7(9-2,5(8)12)3-13-6-11-10-4-14-6/h4,9H,3H2,1-2H3,(H2,8,12). The van der Waals surface area contributed by atoms with Gasteiger partial charge in [0.1, 0.15) is 11.0 Å². The number of hydrogen-bond acceptors (Lipinski definition) is 6. The molecule has 1 unspecified atom stereocenters. The van der Waals surface area contributed by atoms with Gasteiger partial charge in [-0.2, -0.15) is 0 Å². The molecule has 1 amide bonds. The van der Waals surface area contributed by atoms with E-state index < -0.39 is 5.54 Å². The first kappa shape index (κ1) is 11.4. The van der Waals surface area contributed by atoms with E-state index in [1.165, 1.54) is 23.1 Å². The van der Waals surface area contributed by atoms with Crippen molar-refractivity contribution in [2.45, 2.75) is 16.8 Å². The molecule has 0 aliphatic rings. The zero-order valence-electron chi connectivity index (χ0n) is 7.98. The summed E-state index contributed by atoms with van der Waals surface area (Å²) in [6, 6.07) is 0. The molecule has 0 spiro atoms. The molecule has 0 aromatic carbocycles. The van der Waals surface area contributed by atoms with Gasteiger partial charge in [-0.3, -0.25) is 4.79 Å². The van der Waals surface area contributed by atoms with Crippen LogP contribution < -0.4 is 11.1 Å². The average molecular weight is 232 g/mol. The molecule has 0 aliphatic carbocycles. The Morgan fingerprint density at radius 1 is 1.86 bits per heavy atom. The first-order valence-electron chi connectivity index (χ1n) is 3.96. The highest BCUT2D eigenvalue weighted by Gasteiger charge is 2.29. The van der Waals surface area contributed by atoms with Crippen molar-refractivity contribution in [1.82, 2.24) is 15.5 Å². The number of amides is 1. The summed E-state index contributed by atoms with van der Waals surface area (Å²) in [6.07, 6.45) is 0. The fraction of sp³-hybridized carbons (Fsp3) is 0.571. The van der Waals surface area contributed by atoms with Crippen molar-refractivity contribution in [1.29, 1.82) is 0 Å². The second kappa shape index (κ2) is 4.72. The molecule has 1 heterocycles. The van der Waals surface area contributed by atoms with Crippen LogP contribution in [0.2, 0.25) is 0 Å². The number of nitrogens with two attached hydrogens (primary N) is 1. The van der Waals surface area contributed by atoms with Crippen molar-refractivity contribution < 1.29 is 4.79 Å². The summed E-state index contributed by atoms with van der Waals surface area (Å²) in [7, 11) is 1.71. The lowest BCUT2D eigenvalue weighted by molar-refractivity contribution is -0.122. The molecule has 0 saturated heterocycles. The number of carbonyl (C=O) groups is 1. The SMILES string of the molecule is CNC(C)(CSc1nncs1)C(N)=O. The topological polar surface area (TPSA) is 80.9 Å². The molecular weight excluding hydrogens is 220 g/mol. The molecule has 3 N–H and O–H groups in total. The van der Waals surface area contributed by atoms with Crippen LogP contribution in [-0.2, 0) is 4.79 Å². The van der Waals surface area contributed by atoms with Crippen LogP contribution in [0.15, 0.2) is 9.85 Å². The normalized spacial score (nSPS) is 15.0. The smallest absolute Gasteiger partial charge is 0.238 e. The van der Waals surface area contributed by atoms with Crippen LogP contribution in [-0.4, -0.2) is 34.4 Å². The van der Waals surface area contributed by atoms with Gasteiger partial charge >= 0.3 is 0 Å². The van der Waals surface area contributed by atoms with E-state index in [0.29, 0.717) is 5.75 Å². The number of rotatable bonds is 5. The van der Waals surface area contributed by atoms with Gasteiger partial charge in [0.15, 0.2) is 4.34 Å². The van der Waals surface area contributed by atoms with Crippen LogP contribution in [0.3, 0.4) is 0 Å². The van der Waals surface area contributed by atoms with Crippen LogP contribution >= 0.6 is 23.1 Å². The molecule has 5 nitrogen and oxygen atoms in total. The summed E-state index contributed by atoms with van der Waals surface area (Å²) >= 11 is 2.92. The van der Waals surface area contributed by atoms with Crippen molar-refractivity contribution in [3.63, 3.8) is 0 Å². The predicted octanol–water partition coefficient (Wildman–Crippen LogP) is 0.0936. The van der Waals surface area contributed by atoms with Crippen molar-refractivity contribution in [3.8, 4) is 0 Å². The van der Waals surface area contributed by atoms with Crippen LogP contribution in [0.5, 0.6) is 0 Å². The van der Waals surface area contributed by atoms with Crippen LogP contribution in [0.1, 0.15) is 6.92 Å². The summed E-state index contributed by atoms with van der Waals surface area (Å²) in [4.78, 5) is 11.1. The number of nitrogens with one attached hydrogen (secondary N) is 1. The first-order valence-corrected chi connectivity index (χ1v) is 5.83. The Bertz CT molecular complexity index is 303. The van der Waals surface area contributed by atoms with Gasteiger partial charge < -0.3 is 11.1 Å². The van der Waals surface area contributed by atoms with E-state index in [0.717, 1.165) is 4.34 Å². The zero-order chi connectivity index (χ0) is 10.6. The van der Waals surface area contributed by atoms with Gasteiger partial charge in [-0.1, -0.05) is 23.1 Å². The summed E-state index contributed by atoms with van der Waals surface area (Å²) < 4.78 is 0.840. The Morgan fingerprint density at radius 3 is 3.00 bits per heavy atom. The Kier molecular flexibility index (Phi) is 3.85. The number of thioether (sulfide) groups is 1. The van der Waals surface area contributed by atoms with Gasteiger partial charge in [-0.25, -0.2) is 0 Å². The highest BCUT2D eigenvalue weighted by atomic mass is 32.2. The number of aromatic nitrogens is 2. The van der Waals surface area contributed by atoms with E-state index in [9.17, 15) is 4.79 Å². The highest BCUT2D eigenvalue weighted by Crippen LogP contribution is 2.23. The lowest BCUT2D eigenvalue weighted by Crippen LogP contribution is -2.53. The molecule has 78 valence electrons. The molecule has 1 atom stereocenters. The second-order valence-electron chi connectivity index (χ2n) is 2.94. The largest absolute Gasteiger partial charge is 0.368 e. The maximum absolute atomic E-state index is 11.1. The van der Waals surface area contributed by atoms with E-state index in [1.807, 2.05) is 0 Å². The number of primary amides is 1. The molecule has 0 radical (unpaired) electrons. The number of nitrogens with zero attached hydrogens (tertiary/aromatic N) is 2. The van der Waals surface area contributed by atoms with E-state index in [4.69, 9.17) is 5.73 Å². The average Bonchev–Trinajstić information content (AvgIpc) is 2.66. The monoisotopic (exact) mass is 232 g/mol. The molecular formula is C7H12N4OS2. The summed E-state index contributed by atoms with van der Waals surface area (Å²) in [5.41, 5.74) is 6.23. The summed E-state index contributed by atoms with van der Waals surface area (Å²) in [5.74, 6) is 0.186. The van der Waals surface area contributed by atoms with E-state index in [-0.39, 0.29) is 5.91 Å². The minimum Gasteiger partial charge on any atom is -0.368 e. The molecule has 1 aromatic rings. The molecule has 1 rings (SSSR count). The van der Waals surface area contributed by atoms with Crippen molar-refractivity contribution in [2.75, 3.05) is 12.8 Å². The zero-order valence-corrected chi connectivity index (χ0v) is 9.61. The third-order valence-electron chi connectivity index (χ3n) is 1.92. The lowest BCUT2D eigenvalue weighted by atomic mass is 10.1. The van der Waals surface area contributed by atoms with Crippen molar-refractivity contribution >= 4 is 29.0 Å². The minimum absolute atomic E-state index is 0.364. The Hall–Kier alpha value is -0.660. The van der Waals surface area contributed by atoms with Crippen LogP contribution in [0.25, 0.3) is 0 Å². The second-order valence-corrected chi connectivity index (χ2v) is 5.00. The molecule has 0 bridgehead atoms. The van der Waals surface area contributed by atoms with Crippen molar-refractivity contribution in [3.05, 3.63) is 5.51 Å². The maximum Gasteiger partial charge on any atom is 0.238 e. The Labute approximate surface area is 90.5 Å². The van der Waals surface area contributed by atoms with E-state index in [1.54, 1.807) is 19.5 Å². The first-order chi connectivity index (χ1) is 6.58. The van der Waals surface area contributed by atoms with Gasteiger partial charge in [-0.05, 0) is 14.0 Å². The minimum atomic E-state index is -0.698. The van der Waals surface area contributed by atoms with Crippen molar-refractivity contribution in [2.24, 2.45) is 5.73 Å². The molecule has 1 aromatic heterocycles. The summed E-state index contributed by atoms with van der Waals surface area (Å²) in [5, 5.41) is 10.5.